The molecule has 7 heteroatoms. The highest BCUT2D eigenvalue weighted by Gasteiger charge is 2.13. The quantitative estimate of drug-likeness (QED) is 0.589. The third-order valence-electron chi connectivity index (χ3n) is 4.57. The number of hydrogen-bond donors (Lipinski definition) is 1. The number of nitrogens with zero attached hydrogens (tertiary/aromatic N) is 3. The van der Waals surface area contributed by atoms with Crippen LogP contribution in [-0.4, -0.2) is 54.3 Å². The van der Waals surface area contributed by atoms with Crippen molar-refractivity contribution in [2.45, 2.75) is 6.42 Å². The molecule has 0 aliphatic carbocycles. The third-order valence-corrected chi connectivity index (χ3v) is 5.99. The Labute approximate surface area is 165 Å². The molecule has 0 spiro atoms. The Hall–Kier alpha value is -1.54. The van der Waals surface area contributed by atoms with Crippen LogP contribution in [0.25, 0.3) is 21.3 Å². The van der Waals surface area contributed by atoms with Gasteiger partial charge in [-0.15, -0.1) is 11.3 Å². The number of thiophene rings is 1. The van der Waals surface area contributed by atoms with E-state index in [-0.39, 0.29) is 0 Å². The summed E-state index contributed by atoms with van der Waals surface area (Å²) >= 11 is 5.17. The van der Waals surface area contributed by atoms with Crippen LogP contribution in [0.1, 0.15) is 6.42 Å². The molecule has 0 unspecified atom stereocenters. The molecule has 1 fully saturated rings. The summed E-state index contributed by atoms with van der Waals surface area (Å²) < 4.78 is 6.48. The Morgan fingerprint density at radius 3 is 2.77 bits per heavy atom. The van der Waals surface area contributed by atoms with Crippen molar-refractivity contribution < 1.29 is 4.74 Å². The smallest absolute Gasteiger partial charge is 0.138 e. The molecule has 3 heterocycles. The van der Waals surface area contributed by atoms with E-state index in [4.69, 9.17) is 4.74 Å². The van der Waals surface area contributed by atoms with Gasteiger partial charge in [0.15, 0.2) is 0 Å². The van der Waals surface area contributed by atoms with Crippen molar-refractivity contribution >= 4 is 43.3 Å². The topological polar surface area (TPSA) is 50.3 Å². The van der Waals surface area contributed by atoms with Gasteiger partial charge in [-0.1, -0.05) is 28.1 Å². The summed E-state index contributed by atoms with van der Waals surface area (Å²) in [5, 5.41) is 6.81. The van der Waals surface area contributed by atoms with Crippen molar-refractivity contribution in [1.29, 1.82) is 0 Å². The third kappa shape index (κ3) is 4.06. The SMILES string of the molecule is Brc1ccc(-c2csc3ncnc(NCCCN4CCOCC4)c23)cc1. The number of halogens is 1. The molecule has 0 amide bonds. The second kappa shape index (κ2) is 8.43. The highest BCUT2D eigenvalue weighted by Crippen LogP contribution is 2.36. The van der Waals surface area contributed by atoms with E-state index in [1.165, 1.54) is 11.1 Å². The molecule has 2 aromatic heterocycles. The summed E-state index contributed by atoms with van der Waals surface area (Å²) in [7, 11) is 0. The van der Waals surface area contributed by atoms with E-state index in [9.17, 15) is 0 Å². The van der Waals surface area contributed by atoms with Crippen LogP contribution in [0.5, 0.6) is 0 Å². The van der Waals surface area contributed by atoms with Crippen LogP contribution in [0.3, 0.4) is 0 Å². The molecule has 1 aliphatic heterocycles. The molecule has 0 atom stereocenters. The minimum atomic E-state index is 0.853. The lowest BCUT2D eigenvalue weighted by atomic mass is 10.1. The summed E-state index contributed by atoms with van der Waals surface area (Å²) in [6, 6.07) is 8.39. The monoisotopic (exact) mass is 432 g/mol. The van der Waals surface area contributed by atoms with Gasteiger partial charge >= 0.3 is 0 Å². The highest BCUT2D eigenvalue weighted by molar-refractivity contribution is 9.10. The number of nitrogens with one attached hydrogen (secondary N) is 1. The van der Waals surface area contributed by atoms with Gasteiger partial charge in [-0.25, -0.2) is 9.97 Å². The fraction of sp³-hybridized carbons (Fsp3) is 0.368. The lowest BCUT2D eigenvalue weighted by Crippen LogP contribution is -2.37. The maximum atomic E-state index is 5.40. The molecule has 5 nitrogen and oxygen atoms in total. The molecule has 3 aromatic rings. The van der Waals surface area contributed by atoms with Crippen molar-refractivity contribution in [2.24, 2.45) is 0 Å². The van der Waals surface area contributed by atoms with Gasteiger partial charge in [0.05, 0.1) is 18.6 Å². The van der Waals surface area contributed by atoms with E-state index < -0.39 is 0 Å². The number of ether oxygens (including phenoxy) is 1. The second-order valence-electron chi connectivity index (χ2n) is 6.29. The van der Waals surface area contributed by atoms with Gasteiger partial charge in [-0.2, -0.15) is 0 Å². The standard InChI is InChI=1S/C19H21BrN4OS/c20-15-4-2-14(3-5-15)16-12-26-19-17(16)18(22-13-23-19)21-6-1-7-24-8-10-25-11-9-24/h2-5,12-13H,1,6-11H2,(H,21,22,23). The molecule has 26 heavy (non-hydrogen) atoms. The number of aromatic nitrogens is 2. The average Bonchev–Trinajstić information content (AvgIpc) is 3.12. The second-order valence-corrected chi connectivity index (χ2v) is 8.07. The van der Waals surface area contributed by atoms with Gasteiger partial charge in [-0.05, 0) is 30.7 Å². The number of hydrogen-bond acceptors (Lipinski definition) is 6. The first-order chi connectivity index (χ1) is 12.8. The zero-order valence-corrected chi connectivity index (χ0v) is 16.9. The summed E-state index contributed by atoms with van der Waals surface area (Å²) in [4.78, 5) is 12.4. The Bertz CT molecular complexity index is 862. The van der Waals surface area contributed by atoms with Gasteiger partial charge < -0.3 is 10.1 Å². The molecule has 0 radical (unpaired) electrons. The molecule has 1 aliphatic rings. The van der Waals surface area contributed by atoms with E-state index in [1.807, 2.05) is 0 Å². The van der Waals surface area contributed by atoms with Crippen LogP contribution in [0, 0.1) is 0 Å². The molecule has 1 aromatic carbocycles. The Morgan fingerprint density at radius 2 is 1.96 bits per heavy atom. The van der Waals surface area contributed by atoms with E-state index in [0.29, 0.717) is 0 Å². The van der Waals surface area contributed by atoms with Crippen molar-refractivity contribution in [3.8, 4) is 11.1 Å². The fourth-order valence-electron chi connectivity index (χ4n) is 3.19. The van der Waals surface area contributed by atoms with Crippen molar-refractivity contribution in [3.63, 3.8) is 0 Å². The molecule has 1 N–H and O–H groups in total. The number of anilines is 1. The average molecular weight is 433 g/mol. The summed E-state index contributed by atoms with van der Waals surface area (Å²) in [6.45, 7) is 5.77. The number of morpholine rings is 1. The van der Waals surface area contributed by atoms with Crippen LogP contribution < -0.4 is 5.32 Å². The molecule has 0 saturated carbocycles. The predicted octanol–water partition coefficient (Wildman–Crippen LogP) is 4.26. The lowest BCUT2D eigenvalue weighted by Gasteiger charge is -2.26. The van der Waals surface area contributed by atoms with Crippen LogP contribution >= 0.6 is 27.3 Å². The first-order valence-corrected chi connectivity index (χ1v) is 10.5. The van der Waals surface area contributed by atoms with Gasteiger partial charge in [0.2, 0.25) is 0 Å². The normalized spacial score (nSPS) is 15.4. The van der Waals surface area contributed by atoms with Gasteiger partial charge in [-0.3, -0.25) is 4.90 Å². The van der Waals surface area contributed by atoms with Crippen LogP contribution in [0.2, 0.25) is 0 Å². The maximum Gasteiger partial charge on any atom is 0.138 e. The summed E-state index contributed by atoms with van der Waals surface area (Å²) in [5.74, 6) is 0.927. The van der Waals surface area contributed by atoms with Gasteiger partial charge in [0.25, 0.3) is 0 Å². The number of fused-ring (bicyclic) bond motifs is 1. The Kier molecular flexibility index (Phi) is 5.79. The van der Waals surface area contributed by atoms with Gasteiger partial charge in [0.1, 0.15) is 17.0 Å². The van der Waals surface area contributed by atoms with E-state index in [0.717, 1.165) is 66.3 Å². The Balaban J connectivity index is 1.48. The maximum absolute atomic E-state index is 5.40. The van der Waals surface area contributed by atoms with Crippen molar-refractivity contribution in [1.82, 2.24) is 14.9 Å². The van der Waals surface area contributed by atoms with E-state index in [2.05, 4.69) is 65.8 Å². The molecule has 0 bridgehead atoms. The summed E-state index contributed by atoms with van der Waals surface area (Å²) in [6.07, 6.45) is 2.73. The van der Waals surface area contributed by atoms with Crippen molar-refractivity contribution in [3.05, 3.63) is 40.4 Å². The minimum Gasteiger partial charge on any atom is -0.379 e. The first kappa shape index (κ1) is 17.9. The molecule has 136 valence electrons. The first-order valence-electron chi connectivity index (χ1n) is 8.83. The zero-order chi connectivity index (χ0) is 17.8. The largest absolute Gasteiger partial charge is 0.379 e. The Morgan fingerprint density at radius 1 is 1.15 bits per heavy atom. The zero-order valence-electron chi connectivity index (χ0n) is 14.4. The molecular formula is C19H21BrN4OS. The summed E-state index contributed by atoms with van der Waals surface area (Å²) in [5.41, 5.74) is 2.37. The molecular weight excluding hydrogens is 412 g/mol. The fourth-order valence-corrected chi connectivity index (χ4v) is 4.37. The van der Waals surface area contributed by atoms with Crippen LogP contribution in [-0.2, 0) is 4.74 Å². The minimum absolute atomic E-state index is 0.853. The van der Waals surface area contributed by atoms with Crippen LogP contribution in [0.15, 0.2) is 40.4 Å². The predicted molar refractivity (Wildman–Crippen MR) is 111 cm³/mol. The number of rotatable bonds is 6. The van der Waals surface area contributed by atoms with Crippen molar-refractivity contribution in [2.75, 3.05) is 44.7 Å². The molecule has 1 saturated heterocycles. The lowest BCUT2D eigenvalue weighted by molar-refractivity contribution is 0.0378. The van der Waals surface area contributed by atoms with Gasteiger partial charge in [0, 0.05) is 35.1 Å². The molecule has 4 rings (SSSR count). The van der Waals surface area contributed by atoms with E-state index in [1.54, 1.807) is 17.7 Å². The highest BCUT2D eigenvalue weighted by atomic mass is 79.9. The van der Waals surface area contributed by atoms with Crippen LogP contribution in [0.4, 0.5) is 5.82 Å². The number of benzene rings is 1. The van der Waals surface area contributed by atoms with E-state index >= 15 is 0 Å².